The van der Waals surface area contributed by atoms with Crippen LogP contribution < -0.4 is 14.4 Å². The fourth-order valence-electron chi connectivity index (χ4n) is 4.12. The minimum atomic E-state index is -3.94. The third-order valence-corrected chi connectivity index (χ3v) is 7.41. The molecule has 1 amide bonds. The molecule has 1 atom stereocenters. The molecule has 33 heavy (non-hydrogen) atoms. The SMILES string of the molecule is Cc1cccc(N(CC(=O)NC2CC(C)(C)Oc3ccccc32)S(=O)(=O)c2ccccc2)c1. The van der Waals surface area contributed by atoms with Crippen molar-refractivity contribution in [2.75, 3.05) is 10.8 Å². The first kappa shape index (κ1) is 22.9. The second-order valence-corrected chi connectivity index (χ2v) is 10.7. The predicted octanol–water partition coefficient (Wildman–Crippen LogP) is 4.61. The smallest absolute Gasteiger partial charge is 0.264 e. The summed E-state index contributed by atoms with van der Waals surface area (Å²) in [6.07, 6.45) is 0.575. The lowest BCUT2D eigenvalue weighted by Crippen LogP contribution is -2.45. The number of amides is 1. The van der Waals surface area contributed by atoms with Gasteiger partial charge in [0, 0.05) is 12.0 Å². The molecule has 172 valence electrons. The number of nitrogens with zero attached hydrogens (tertiary/aromatic N) is 1. The molecule has 1 N–H and O–H groups in total. The standard InChI is InChI=1S/C26H28N2O4S/c1-19-10-9-11-20(16-19)28(33(30,31)21-12-5-4-6-13-21)18-25(29)27-23-17-26(2,3)32-24-15-8-7-14-22(23)24/h4-16,23H,17-18H2,1-3H3,(H,27,29). The molecule has 0 saturated heterocycles. The molecule has 1 aliphatic rings. The summed E-state index contributed by atoms with van der Waals surface area (Å²) >= 11 is 0. The summed E-state index contributed by atoms with van der Waals surface area (Å²) in [5, 5.41) is 3.04. The number of rotatable bonds is 6. The number of anilines is 1. The number of fused-ring (bicyclic) bond motifs is 1. The van der Waals surface area contributed by atoms with Crippen LogP contribution in [0.25, 0.3) is 0 Å². The first-order valence-electron chi connectivity index (χ1n) is 10.9. The molecule has 0 aliphatic carbocycles. The van der Waals surface area contributed by atoms with E-state index in [-0.39, 0.29) is 23.4 Å². The monoisotopic (exact) mass is 464 g/mol. The van der Waals surface area contributed by atoms with Crippen molar-refractivity contribution in [2.45, 2.75) is 43.7 Å². The fraction of sp³-hybridized carbons (Fsp3) is 0.269. The van der Waals surface area contributed by atoms with E-state index in [1.807, 2.05) is 51.1 Å². The van der Waals surface area contributed by atoms with Crippen molar-refractivity contribution < 1.29 is 17.9 Å². The summed E-state index contributed by atoms with van der Waals surface area (Å²) < 4.78 is 34.2. The molecule has 4 rings (SSSR count). The normalized spacial score (nSPS) is 16.9. The molecule has 0 spiro atoms. The zero-order valence-corrected chi connectivity index (χ0v) is 19.8. The molecule has 0 radical (unpaired) electrons. The van der Waals surface area contributed by atoms with Gasteiger partial charge >= 0.3 is 0 Å². The van der Waals surface area contributed by atoms with E-state index in [0.29, 0.717) is 12.1 Å². The quantitative estimate of drug-likeness (QED) is 0.578. The summed E-state index contributed by atoms with van der Waals surface area (Å²) in [5.41, 5.74) is 1.78. The molecular weight excluding hydrogens is 436 g/mol. The number of benzene rings is 3. The number of carbonyl (C=O) groups excluding carboxylic acids is 1. The molecule has 0 bridgehead atoms. The van der Waals surface area contributed by atoms with Gasteiger partial charge in [0.05, 0.1) is 16.6 Å². The summed E-state index contributed by atoms with van der Waals surface area (Å²) in [6.45, 7) is 5.50. The van der Waals surface area contributed by atoms with E-state index < -0.39 is 15.6 Å². The van der Waals surface area contributed by atoms with Gasteiger partial charge in [0.25, 0.3) is 10.0 Å². The minimum absolute atomic E-state index is 0.136. The Labute approximate surface area is 195 Å². The molecular formula is C26H28N2O4S. The second kappa shape index (κ2) is 8.90. The largest absolute Gasteiger partial charge is 0.487 e. The van der Waals surface area contributed by atoms with Gasteiger partial charge in [0.2, 0.25) is 5.91 Å². The van der Waals surface area contributed by atoms with Crippen LogP contribution in [0.5, 0.6) is 5.75 Å². The lowest BCUT2D eigenvalue weighted by Gasteiger charge is -2.38. The van der Waals surface area contributed by atoms with E-state index in [9.17, 15) is 13.2 Å². The Balaban J connectivity index is 1.64. The van der Waals surface area contributed by atoms with Gasteiger partial charge in [0.1, 0.15) is 17.9 Å². The molecule has 0 saturated carbocycles. The molecule has 0 fully saturated rings. The molecule has 3 aromatic rings. The minimum Gasteiger partial charge on any atom is -0.487 e. The Hall–Kier alpha value is -3.32. The second-order valence-electron chi connectivity index (χ2n) is 8.89. The van der Waals surface area contributed by atoms with E-state index in [1.165, 1.54) is 16.4 Å². The van der Waals surface area contributed by atoms with Crippen molar-refractivity contribution in [1.29, 1.82) is 0 Å². The van der Waals surface area contributed by atoms with Crippen LogP contribution in [-0.4, -0.2) is 26.5 Å². The molecule has 1 aliphatic heterocycles. The Kier molecular flexibility index (Phi) is 6.17. The van der Waals surface area contributed by atoms with Crippen molar-refractivity contribution in [2.24, 2.45) is 0 Å². The fourth-order valence-corrected chi connectivity index (χ4v) is 5.55. The first-order valence-corrected chi connectivity index (χ1v) is 12.3. The number of hydrogen-bond donors (Lipinski definition) is 1. The van der Waals surface area contributed by atoms with Crippen LogP contribution in [0.1, 0.15) is 37.4 Å². The summed E-state index contributed by atoms with van der Waals surface area (Å²) in [5.74, 6) is 0.347. The highest BCUT2D eigenvalue weighted by atomic mass is 32.2. The van der Waals surface area contributed by atoms with Gasteiger partial charge in [-0.05, 0) is 56.7 Å². The molecule has 1 heterocycles. The Morgan fingerprint density at radius 2 is 1.73 bits per heavy atom. The lowest BCUT2D eigenvalue weighted by atomic mass is 9.89. The van der Waals surface area contributed by atoms with Gasteiger partial charge in [-0.1, -0.05) is 48.5 Å². The van der Waals surface area contributed by atoms with E-state index in [1.54, 1.807) is 36.4 Å². The average molecular weight is 465 g/mol. The zero-order chi connectivity index (χ0) is 23.6. The van der Waals surface area contributed by atoms with Gasteiger partial charge in [-0.15, -0.1) is 0 Å². The number of para-hydroxylation sites is 1. The van der Waals surface area contributed by atoms with E-state index in [0.717, 1.165) is 16.9 Å². The highest BCUT2D eigenvalue weighted by molar-refractivity contribution is 7.92. The topological polar surface area (TPSA) is 75.7 Å². The van der Waals surface area contributed by atoms with E-state index in [2.05, 4.69) is 5.32 Å². The van der Waals surface area contributed by atoms with Crippen LogP contribution >= 0.6 is 0 Å². The number of ether oxygens (including phenoxy) is 1. The summed E-state index contributed by atoms with van der Waals surface area (Å²) in [4.78, 5) is 13.4. The van der Waals surface area contributed by atoms with Crippen LogP contribution in [0.2, 0.25) is 0 Å². The van der Waals surface area contributed by atoms with Crippen molar-refractivity contribution in [1.82, 2.24) is 5.32 Å². The van der Waals surface area contributed by atoms with Crippen LogP contribution in [-0.2, 0) is 14.8 Å². The highest BCUT2D eigenvalue weighted by Gasteiger charge is 2.35. The Morgan fingerprint density at radius 3 is 2.45 bits per heavy atom. The number of nitrogens with one attached hydrogen (secondary N) is 1. The van der Waals surface area contributed by atoms with Gasteiger partial charge in [-0.25, -0.2) is 8.42 Å². The maximum absolute atomic E-state index is 13.5. The van der Waals surface area contributed by atoms with Crippen molar-refractivity contribution in [3.8, 4) is 5.75 Å². The Morgan fingerprint density at radius 1 is 1.03 bits per heavy atom. The van der Waals surface area contributed by atoms with E-state index in [4.69, 9.17) is 4.74 Å². The molecule has 6 nitrogen and oxygen atoms in total. The van der Waals surface area contributed by atoms with Gasteiger partial charge < -0.3 is 10.1 Å². The van der Waals surface area contributed by atoms with E-state index >= 15 is 0 Å². The molecule has 1 unspecified atom stereocenters. The maximum atomic E-state index is 13.5. The van der Waals surface area contributed by atoms with Crippen LogP contribution in [0, 0.1) is 6.92 Å². The highest BCUT2D eigenvalue weighted by Crippen LogP contribution is 2.39. The summed E-state index contributed by atoms with van der Waals surface area (Å²) in [7, 11) is -3.94. The number of carbonyl (C=O) groups is 1. The van der Waals surface area contributed by atoms with Gasteiger partial charge in [-0.3, -0.25) is 9.10 Å². The molecule has 7 heteroatoms. The number of aryl methyl sites for hydroxylation is 1. The number of hydrogen-bond acceptors (Lipinski definition) is 4. The lowest BCUT2D eigenvalue weighted by molar-refractivity contribution is -0.120. The predicted molar refractivity (Wildman–Crippen MR) is 129 cm³/mol. The van der Waals surface area contributed by atoms with Gasteiger partial charge in [0.15, 0.2) is 0 Å². The van der Waals surface area contributed by atoms with Crippen molar-refractivity contribution in [3.63, 3.8) is 0 Å². The number of sulfonamides is 1. The first-order chi connectivity index (χ1) is 15.7. The van der Waals surface area contributed by atoms with Gasteiger partial charge in [-0.2, -0.15) is 0 Å². The molecule has 3 aromatic carbocycles. The maximum Gasteiger partial charge on any atom is 0.264 e. The summed E-state index contributed by atoms with van der Waals surface area (Å²) in [6, 6.07) is 22.6. The van der Waals surface area contributed by atoms with Crippen molar-refractivity contribution >= 4 is 21.6 Å². The van der Waals surface area contributed by atoms with Crippen LogP contribution in [0.4, 0.5) is 5.69 Å². The van der Waals surface area contributed by atoms with Crippen LogP contribution in [0.15, 0.2) is 83.8 Å². The van der Waals surface area contributed by atoms with Crippen molar-refractivity contribution in [3.05, 3.63) is 90.0 Å². The zero-order valence-electron chi connectivity index (χ0n) is 19.0. The third-order valence-electron chi connectivity index (χ3n) is 5.62. The average Bonchev–Trinajstić information content (AvgIpc) is 2.77. The third kappa shape index (κ3) is 5.03. The molecule has 0 aromatic heterocycles. The Bertz CT molecular complexity index is 1260. The van der Waals surface area contributed by atoms with Crippen LogP contribution in [0.3, 0.4) is 0 Å².